The topological polar surface area (TPSA) is 57.2 Å². The first kappa shape index (κ1) is 15.1. The van der Waals surface area contributed by atoms with Gasteiger partial charge in [-0.15, -0.1) is 0 Å². The Morgan fingerprint density at radius 1 is 1.17 bits per heavy atom. The van der Waals surface area contributed by atoms with Crippen molar-refractivity contribution < 1.29 is 0 Å². The Bertz CT molecular complexity index is 905. The summed E-state index contributed by atoms with van der Waals surface area (Å²) in [6, 6.07) is 10.3. The molecule has 0 atom stereocenters. The van der Waals surface area contributed by atoms with Gasteiger partial charge in [0, 0.05) is 44.6 Å². The van der Waals surface area contributed by atoms with E-state index in [1.54, 1.807) is 0 Å². The molecule has 24 heavy (non-hydrogen) atoms. The molecule has 124 valence electrons. The van der Waals surface area contributed by atoms with Gasteiger partial charge in [0.15, 0.2) is 5.65 Å². The molecule has 0 radical (unpaired) electrons. The third-order valence-corrected chi connectivity index (χ3v) is 4.68. The lowest BCUT2D eigenvalue weighted by Crippen LogP contribution is -2.43. The van der Waals surface area contributed by atoms with Crippen LogP contribution in [-0.2, 0) is 6.54 Å². The van der Waals surface area contributed by atoms with Crippen LogP contribution in [-0.4, -0.2) is 57.6 Å². The van der Waals surface area contributed by atoms with E-state index < -0.39 is 0 Å². The summed E-state index contributed by atoms with van der Waals surface area (Å²) in [5.74, 6) is 0. The predicted octanol–water partition coefficient (Wildman–Crippen LogP) is 1.46. The number of nitrogens with zero attached hydrogens (tertiary/aromatic N) is 4. The summed E-state index contributed by atoms with van der Waals surface area (Å²) in [5.41, 5.74) is 2.90. The second-order valence-corrected chi connectivity index (χ2v) is 6.40. The van der Waals surface area contributed by atoms with Gasteiger partial charge in [0.25, 0.3) is 5.56 Å². The van der Waals surface area contributed by atoms with E-state index in [0.717, 1.165) is 38.4 Å². The van der Waals surface area contributed by atoms with E-state index in [9.17, 15) is 4.79 Å². The van der Waals surface area contributed by atoms with Gasteiger partial charge in [0.1, 0.15) is 0 Å². The number of aromatic amines is 1. The van der Waals surface area contributed by atoms with Crippen molar-refractivity contribution in [3.05, 3.63) is 58.8 Å². The van der Waals surface area contributed by atoms with E-state index in [1.165, 1.54) is 11.9 Å². The molecule has 1 aliphatic rings. The molecule has 0 aliphatic carbocycles. The second kappa shape index (κ2) is 6.22. The Balaban J connectivity index is 1.62. The van der Waals surface area contributed by atoms with Crippen molar-refractivity contribution in [2.24, 2.45) is 0 Å². The lowest BCUT2D eigenvalue weighted by molar-refractivity contribution is 0.148. The van der Waals surface area contributed by atoms with Crippen molar-refractivity contribution in [3.63, 3.8) is 0 Å². The average molecular weight is 323 g/mol. The van der Waals surface area contributed by atoms with Crippen molar-refractivity contribution in [2.75, 3.05) is 33.2 Å². The first-order valence-corrected chi connectivity index (χ1v) is 8.26. The van der Waals surface area contributed by atoms with E-state index in [2.05, 4.69) is 51.1 Å². The fraction of sp³-hybridized carbons (Fsp3) is 0.333. The van der Waals surface area contributed by atoms with E-state index in [0.29, 0.717) is 11.0 Å². The predicted molar refractivity (Wildman–Crippen MR) is 94.5 cm³/mol. The number of rotatable bonds is 3. The lowest BCUT2D eigenvalue weighted by atomic mass is 10.1. The minimum atomic E-state index is -0.104. The molecule has 3 heterocycles. The van der Waals surface area contributed by atoms with Gasteiger partial charge >= 0.3 is 0 Å². The molecule has 1 saturated heterocycles. The van der Waals surface area contributed by atoms with Crippen LogP contribution in [0, 0.1) is 0 Å². The fourth-order valence-corrected chi connectivity index (χ4v) is 3.24. The minimum Gasteiger partial charge on any atom is -0.313 e. The van der Waals surface area contributed by atoms with Crippen LogP contribution in [0.4, 0.5) is 0 Å². The zero-order valence-electron chi connectivity index (χ0n) is 13.8. The number of likely N-dealkylation sites (N-methyl/N-ethyl adjacent to an activating group) is 1. The Hall–Kier alpha value is -2.44. The minimum absolute atomic E-state index is 0.104. The third kappa shape index (κ3) is 2.86. The molecule has 6 heteroatoms. The summed E-state index contributed by atoms with van der Waals surface area (Å²) >= 11 is 0. The molecule has 0 unspecified atom stereocenters. The number of H-pyrrole nitrogens is 1. The molecule has 6 nitrogen and oxygen atoms in total. The summed E-state index contributed by atoms with van der Waals surface area (Å²) in [4.78, 5) is 23.6. The fourth-order valence-electron chi connectivity index (χ4n) is 3.24. The number of hydrogen-bond donors (Lipinski definition) is 1. The Morgan fingerprint density at radius 3 is 2.83 bits per heavy atom. The summed E-state index contributed by atoms with van der Waals surface area (Å²) in [6.07, 6.45) is 3.36. The van der Waals surface area contributed by atoms with Crippen LogP contribution < -0.4 is 5.56 Å². The second-order valence-electron chi connectivity index (χ2n) is 6.40. The Morgan fingerprint density at radius 2 is 2.00 bits per heavy atom. The summed E-state index contributed by atoms with van der Waals surface area (Å²) in [6.45, 7) is 5.40. The van der Waals surface area contributed by atoms with Crippen LogP contribution in [0.15, 0.2) is 47.7 Å². The summed E-state index contributed by atoms with van der Waals surface area (Å²) < 4.78 is 1.97. The summed E-state index contributed by atoms with van der Waals surface area (Å²) in [7, 11) is 2.17. The van der Waals surface area contributed by atoms with Gasteiger partial charge in [-0.05, 0) is 30.8 Å². The van der Waals surface area contributed by atoms with Crippen LogP contribution in [0.3, 0.4) is 0 Å². The average Bonchev–Trinajstić information content (AvgIpc) is 3.03. The van der Waals surface area contributed by atoms with Crippen molar-refractivity contribution in [2.45, 2.75) is 6.54 Å². The third-order valence-electron chi connectivity index (χ3n) is 4.68. The van der Waals surface area contributed by atoms with Gasteiger partial charge in [-0.2, -0.15) is 0 Å². The molecule has 1 aromatic carbocycles. The zero-order valence-corrected chi connectivity index (χ0v) is 13.8. The monoisotopic (exact) mass is 323 g/mol. The van der Waals surface area contributed by atoms with Crippen molar-refractivity contribution in [1.82, 2.24) is 24.3 Å². The number of fused-ring (bicyclic) bond motifs is 1. The SMILES string of the molecule is CN1CCN(Cc2cccc(-n3ccc4c(=O)[nH]cnc43)c2)CC1. The molecule has 0 saturated carbocycles. The van der Waals surface area contributed by atoms with Crippen LogP contribution in [0.25, 0.3) is 16.7 Å². The lowest BCUT2D eigenvalue weighted by Gasteiger charge is -2.32. The van der Waals surface area contributed by atoms with E-state index >= 15 is 0 Å². The zero-order chi connectivity index (χ0) is 16.5. The molecule has 1 N–H and O–H groups in total. The quantitative estimate of drug-likeness (QED) is 0.793. The molecule has 1 fully saturated rings. The maximum Gasteiger partial charge on any atom is 0.260 e. The van der Waals surface area contributed by atoms with E-state index in [4.69, 9.17) is 0 Å². The van der Waals surface area contributed by atoms with Crippen molar-refractivity contribution >= 4 is 11.0 Å². The first-order chi connectivity index (χ1) is 11.7. The molecule has 0 spiro atoms. The number of nitrogens with one attached hydrogen (secondary N) is 1. The van der Waals surface area contributed by atoms with Crippen molar-refractivity contribution in [1.29, 1.82) is 0 Å². The maximum absolute atomic E-state index is 11.9. The molecule has 3 aromatic rings. The molecular weight excluding hydrogens is 302 g/mol. The van der Waals surface area contributed by atoms with Gasteiger partial charge in [0.05, 0.1) is 11.7 Å². The number of hydrogen-bond acceptors (Lipinski definition) is 4. The van der Waals surface area contributed by atoms with Gasteiger partial charge in [-0.1, -0.05) is 12.1 Å². The molecular formula is C18H21N5O. The largest absolute Gasteiger partial charge is 0.313 e. The van der Waals surface area contributed by atoms with Gasteiger partial charge in [0.2, 0.25) is 0 Å². The highest BCUT2D eigenvalue weighted by molar-refractivity contribution is 5.76. The number of benzene rings is 1. The van der Waals surface area contributed by atoms with Crippen LogP contribution in [0.1, 0.15) is 5.56 Å². The van der Waals surface area contributed by atoms with Crippen LogP contribution >= 0.6 is 0 Å². The van der Waals surface area contributed by atoms with Gasteiger partial charge < -0.3 is 14.5 Å². The van der Waals surface area contributed by atoms with Gasteiger partial charge in [-0.3, -0.25) is 9.69 Å². The van der Waals surface area contributed by atoms with E-state index in [-0.39, 0.29) is 5.56 Å². The Kier molecular flexibility index (Phi) is 3.92. The smallest absolute Gasteiger partial charge is 0.260 e. The van der Waals surface area contributed by atoms with E-state index in [1.807, 2.05) is 16.8 Å². The normalized spacial score (nSPS) is 16.7. The number of piperazine rings is 1. The molecule has 1 aliphatic heterocycles. The number of aromatic nitrogens is 3. The molecule has 4 rings (SSSR count). The van der Waals surface area contributed by atoms with Crippen LogP contribution in [0.2, 0.25) is 0 Å². The Labute approximate surface area is 140 Å². The highest BCUT2D eigenvalue weighted by Gasteiger charge is 2.14. The van der Waals surface area contributed by atoms with Gasteiger partial charge in [-0.25, -0.2) is 4.98 Å². The molecule has 0 bridgehead atoms. The maximum atomic E-state index is 11.9. The first-order valence-electron chi connectivity index (χ1n) is 8.26. The van der Waals surface area contributed by atoms with Crippen LogP contribution in [0.5, 0.6) is 0 Å². The summed E-state index contributed by atoms with van der Waals surface area (Å²) in [5, 5.41) is 0.613. The standard InChI is InChI=1S/C18H21N5O/c1-21-7-9-22(10-8-21)12-14-3-2-4-15(11-14)23-6-5-16-17(23)19-13-20-18(16)24/h2-6,11,13H,7-10,12H2,1H3,(H,19,20,24). The van der Waals surface area contributed by atoms with Crippen molar-refractivity contribution in [3.8, 4) is 5.69 Å². The highest BCUT2D eigenvalue weighted by atomic mass is 16.1. The molecule has 2 aromatic heterocycles. The molecule has 0 amide bonds. The highest BCUT2D eigenvalue weighted by Crippen LogP contribution is 2.18.